The second-order valence-corrected chi connectivity index (χ2v) is 7.11. The predicted molar refractivity (Wildman–Crippen MR) is 108 cm³/mol. The highest BCUT2D eigenvalue weighted by atomic mass is 19.1. The Balaban J connectivity index is 1.99. The first kappa shape index (κ1) is 19.8. The number of halogens is 1. The van der Waals surface area contributed by atoms with Crippen LogP contribution in [0.25, 0.3) is 5.57 Å². The summed E-state index contributed by atoms with van der Waals surface area (Å²) in [6.07, 6.45) is 2.00. The monoisotopic (exact) mass is 381 g/mol. The fourth-order valence-electron chi connectivity index (χ4n) is 3.58. The highest BCUT2D eigenvalue weighted by Crippen LogP contribution is 2.40. The summed E-state index contributed by atoms with van der Waals surface area (Å²) in [6, 6.07) is 13.9. The zero-order valence-corrected chi connectivity index (χ0v) is 16.3. The van der Waals surface area contributed by atoms with Crippen molar-refractivity contribution in [3.8, 4) is 0 Å². The molecule has 146 valence electrons. The molecule has 0 N–H and O–H groups in total. The van der Waals surface area contributed by atoms with Gasteiger partial charge in [-0.15, -0.1) is 0 Å². The van der Waals surface area contributed by atoms with Crippen LogP contribution in [-0.2, 0) is 14.3 Å². The van der Waals surface area contributed by atoms with Crippen molar-refractivity contribution >= 4 is 23.0 Å². The van der Waals surface area contributed by atoms with E-state index in [-0.39, 0.29) is 24.1 Å². The van der Waals surface area contributed by atoms with E-state index in [0.717, 1.165) is 22.4 Å². The Labute approximate surface area is 164 Å². The molecule has 0 unspecified atom stereocenters. The van der Waals surface area contributed by atoms with Gasteiger partial charge in [0.05, 0.1) is 6.61 Å². The van der Waals surface area contributed by atoms with Crippen molar-refractivity contribution in [1.82, 2.24) is 0 Å². The first-order valence-electron chi connectivity index (χ1n) is 9.35. The van der Waals surface area contributed by atoms with E-state index in [0.29, 0.717) is 6.42 Å². The van der Waals surface area contributed by atoms with E-state index in [1.807, 2.05) is 43.3 Å². The van der Waals surface area contributed by atoms with Crippen molar-refractivity contribution in [3.63, 3.8) is 0 Å². The molecule has 1 aliphatic carbocycles. The minimum Gasteiger partial charge on any atom is -0.465 e. The summed E-state index contributed by atoms with van der Waals surface area (Å²) in [5.74, 6) is -2.29. The lowest BCUT2D eigenvalue weighted by atomic mass is 9.73. The van der Waals surface area contributed by atoms with Crippen LogP contribution in [-0.4, -0.2) is 32.5 Å². The number of esters is 1. The molecule has 0 amide bonds. The van der Waals surface area contributed by atoms with Crippen molar-refractivity contribution in [2.75, 3.05) is 25.6 Å². The lowest BCUT2D eigenvalue weighted by molar-refractivity contribution is -0.151. The summed E-state index contributed by atoms with van der Waals surface area (Å²) in [5.41, 5.74) is 3.52. The van der Waals surface area contributed by atoms with Gasteiger partial charge in [0.2, 0.25) is 0 Å². The third-order valence-corrected chi connectivity index (χ3v) is 5.06. The van der Waals surface area contributed by atoms with Gasteiger partial charge in [0, 0.05) is 25.7 Å². The quantitative estimate of drug-likeness (QED) is 0.575. The van der Waals surface area contributed by atoms with Crippen molar-refractivity contribution in [2.45, 2.75) is 19.3 Å². The average Bonchev–Trinajstić information content (AvgIpc) is 2.68. The zero-order valence-electron chi connectivity index (χ0n) is 16.3. The summed E-state index contributed by atoms with van der Waals surface area (Å²) >= 11 is 0. The van der Waals surface area contributed by atoms with Gasteiger partial charge in [0.15, 0.2) is 5.78 Å². The Morgan fingerprint density at radius 3 is 2.32 bits per heavy atom. The van der Waals surface area contributed by atoms with Gasteiger partial charge in [0.25, 0.3) is 0 Å². The number of hydrogen-bond acceptors (Lipinski definition) is 4. The van der Waals surface area contributed by atoms with Crippen LogP contribution in [0.15, 0.2) is 54.6 Å². The molecule has 0 fully saturated rings. The second-order valence-electron chi connectivity index (χ2n) is 7.11. The largest absolute Gasteiger partial charge is 0.465 e. The molecule has 4 nitrogen and oxygen atoms in total. The van der Waals surface area contributed by atoms with Gasteiger partial charge >= 0.3 is 5.97 Å². The van der Waals surface area contributed by atoms with Gasteiger partial charge in [0.1, 0.15) is 11.7 Å². The van der Waals surface area contributed by atoms with Crippen LogP contribution in [0.3, 0.4) is 0 Å². The van der Waals surface area contributed by atoms with E-state index in [9.17, 15) is 14.0 Å². The molecule has 0 aliphatic heterocycles. The van der Waals surface area contributed by atoms with Crippen LogP contribution < -0.4 is 4.90 Å². The lowest BCUT2D eigenvalue weighted by Crippen LogP contribution is -2.34. The zero-order chi connectivity index (χ0) is 20.3. The summed E-state index contributed by atoms with van der Waals surface area (Å²) in [4.78, 5) is 27.4. The maximum Gasteiger partial charge on any atom is 0.317 e. The number of carbonyl (C=O) groups is 2. The number of rotatable bonds is 5. The molecule has 2 atom stereocenters. The van der Waals surface area contributed by atoms with Gasteiger partial charge in [-0.3, -0.25) is 9.59 Å². The third-order valence-electron chi connectivity index (χ3n) is 5.06. The van der Waals surface area contributed by atoms with Gasteiger partial charge < -0.3 is 9.64 Å². The Kier molecular flexibility index (Phi) is 5.93. The van der Waals surface area contributed by atoms with E-state index < -0.39 is 11.9 Å². The molecule has 1 aliphatic rings. The smallest absolute Gasteiger partial charge is 0.317 e. The van der Waals surface area contributed by atoms with E-state index in [1.165, 1.54) is 18.2 Å². The standard InChI is InChI=1S/C23H24FNO3/c1-4-28-23(27)22-20(16-7-11-19(12-8-16)25(2)3)13-17(14-21(22)26)15-5-9-18(24)10-6-15/h5-12,14,20,22H,4,13H2,1-3H3/t20-,22-/m1/s1. The fourth-order valence-corrected chi connectivity index (χ4v) is 3.58. The van der Waals surface area contributed by atoms with Crippen LogP contribution in [0.5, 0.6) is 0 Å². The molecule has 5 heteroatoms. The van der Waals surface area contributed by atoms with E-state index in [1.54, 1.807) is 19.1 Å². The molecule has 0 bridgehead atoms. The minimum absolute atomic E-state index is 0.226. The number of nitrogens with zero attached hydrogens (tertiary/aromatic N) is 1. The topological polar surface area (TPSA) is 46.6 Å². The Hall–Kier alpha value is -2.95. The average molecular weight is 381 g/mol. The van der Waals surface area contributed by atoms with Gasteiger partial charge in [-0.25, -0.2) is 4.39 Å². The summed E-state index contributed by atoms with van der Waals surface area (Å²) in [5, 5.41) is 0. The number of carbonyl (C=O) groups excluding carboxylic acids is 2. The van der Waals surface area contributed by atoms with Crippen LogP contribution in [0.4, 0.5) is 10.1 Å². The summed E-state index contributed by atoms with van der Waals surface area (Å²) in [7, 11) is 3.91. The molecular weight excluding hydrogens is 357 g/mol. The SMILES string of the molecule is CCOC(=O)[C@H]1C(=O)C=C(c2ccc(F)cc2)C[C@@H]1c1ccc(N(C)C)cc1. The molecule has 2 aromatic carbocycles. The number of ketones is 1. The molecule has 0 heterocycles. The fraction of sp³-hybridized carbons (Fsp3) is 0.304. The molecule has 0 radical (unpaired) electrons. The number of allylic oxidation sites excluding steroid dienone is 2. The number of anilines is 1. The molecule has 0 aromatic heterocycles. The molecular formula is C23H24FNO3. The number of hydrogen-bond donors (Lipinski definition) is 0. The Morgan fingerprint density at radius 1 is 1.11 bits per heavy atom. The maximum atomic E-state index is 13.3. The van der Waals surface area contributed by atoms with E-state index >= 15 is 0 Å². The molecule has 2 aromatic rings. The molecule has 3 rings (SSSR count). The highest BCUT2D eigenvalue weighted by molar-refractivity contribution is 6.10. The molecule has 0 saturated heterocycles. The van der Waals surface area contributed by atoms with Crippen molar-refractivity contribution in [2.24, 2.45) is 5.92 Å². The van der Waals surface area contributed by atoms with Crippen LogP contribution in [0, 0.1) is 11.7 Å². The third kappa shape index (κ3) is 4.14. The second kappa shape index (κ2) is 8.38. The highest BCUT2D eigenvalue weighted by Gasteiger charge is 2.39. The number of benzene rings is 2. The number of ether oxygens (including phenoxy) is 1. The van der Waals surface area contributed by atoms with Gasteiger partial charge in [-0.2, -0.15) is 0 Å². The van der Waals surface area contributed by atoms with Gasteiger partial charge in [-0.05, 0) is 60.4 Å². The van der Waals surface area contributed by atoms with E-state index in [2.05, 4.69) is 0 Å². The predicted octanol–water partition coefficient (Wildman–Crippen LogP) is 4.21. The first-order chi connectivity index (χ1) is 13.4. The van der Waals surface area contributed by atoms with E-state index in [4.69, 9.17) is 4.74 Å². The van der Waals surface area contributed by atoms with Crippen LogP contribution in [0.1, 0.15) is 30.4 Å². The van der Waals surface area contributed by atoms with Crippen molar-refractivity contribution in [3.05, 3.63) is 71.6 Å². The Morgan fingerprint density at radius 2 is 1.75 bits per heavy atom. The van der Waals surface area contributed by atoms with Gasteiger partial charge in [-0.1, -0.05) is 24.3 Å². The minimum atomic E-state index is -0.866. The first-order valence-corrected chi connectivity index (χ1v) is 9.35. The lowest BCUT2D eigenvalue weighted by Gasteiger charge is -2.30. The van der Waals surface area contributed by atoms with Crippen molar-refractivity contribution < 1.29 is 18.7 Å². The Bertz CT molecular complexity index is 885. The van der Waals surface area contributed by atoms with Crippen molar-refractivity contribution in [1.29, 1.82) is 0 Å². The normalized spacial score (nSPS) is 19.1. The maximum absolute atomic E-state index is 13.3. The molecule has 28 heavy (non-hydrogen) atoms. The molecule has 0 saturated carbocycles. The molecule has 0 spiro atoms. The van der Waals surface area contributed by atoms with Crippen LogP contribution >= 0.6 is 0 Å². The van der Waals surface area contributed by atoms with Crippen LogP contribution in [0.2, 0.25) is 0 Å². The summed E-state index contributed by atoms with van der Waals surface area (Å²) in [6.45, 7) is 1.95. The summed E-state index contributed by atoms with van der Waals surface area (Å²) < 4.78 is 18.5.